The van der Waals surface area contributed by atoms with Gasteiger partial charge in [0.25, 0.3) is 0 Å². The Morgan fingerprint density at radius 1 is 1.31 bits per heavy atom. The Morgan fingerprint density at radius 2 is 1.97 bits per heavy atom. The molecule has 2 aromatic rings. The molecule has 1 heterocycles. The van der Waals surface area contributed by atoms with Crippen LogP contribution in [0.3, 0.4) is 0 Å². The number of fused-ring (bicyclic) bond motifs is 1. The normalized spacial score (nSPS) is 16.7. The molecule has 0 saturated heterocycles. The highest BCUT2D eigenvalue weighted by Gasteiger charge is 2.48. The highest BCUT2D eigenvalue weighted by Crippen LogP contribution is 2.44. The number of carbonyl (C=O) groups is 1. The van der Waals surface area contributed by atoms with Crippen LogP contribution in [-0.4, -0.2) is 28.2 Å². The number of anilines is 1. The minimum absolute atomic E-state index is 0.0624. The summed E-state index contributed by atoms with van der Waals surface area (Å²) in [5.41, 5.74) is -1.74. The Labute approximate surface area is 164 Å². The van der Waals surface area contributed by atoms with Crippen molar-refractivity contribution in [2.75, 3.05) is 5.32 Å². The van der Waals surface area contributed by atoms with Gasteiger partial charge in [0.2, 0.25) is 11.9 Å². The van der Waals surface area contributed by atoms with E-state index >= 15 is 0 Å². The summed E-state index contributed by atoms with van der Waals surface area (Å²) in [6, 6.07) is 4.20. The number of amides is 1. The molecular weight excluding hydrogens is 397 g/mol. The molecule has 1 aromatic heterocycles. The predicted octanol–water partition coefficient (Wildman–Crippen LogP) is 5.45. The van der Waals surface area contributed by atoms with Crippen molar-refractivity contribution in [1.82, 2.24) is 9.55 Å². The van der Waals surface area contributed by atoms with Gasteiger partial charge in [-0.25, -0.2) is 4.98 Å². The lowest BCUT2D eigenvalue weighted by Crippen LogP contribution is -2.39. The molecule has 160 valence electrons. The molecule has 0 bridgehead atoms. The molecule has 0 unspecified atom stereocenters. The molecule has 5 nitrogen and oxygen atoms in total. The molecule has 1 aromatic carbocycles. The number of alkyl halides is 5. The highest BCUT2D eigenvalue weighted by molar-refractivity contribution is 5.92. The van der Waals surface area contributed by atoms with Crippen LogP contribution in [0.2, 0.25) is 0 Å². The number of nitrogens with one attached hydrogen (secondary N) is 1. The van der Waals surface area contributed by atoms with Crippen molar-refractivity contribution in [3.8, 4) is 5.75 Å². The number of hydrogen-bond donors (Lipinski definition) is 1. The number of imidazole rings is 1. The Balaban J connectivity index is 1.97. The Hall–Kier alpha value is -2.39. The second-order valence-electron chi connectivity index (χ2n) is 8.26. The molecule has 0 aliphatic heterocycles. The van der Waals surface area contributed by atoms with Gasteiger partial charge < -0.3 is 9.30 Å². The second kappa shape index (κ2) is 7.14. The van der Waals surface area contributed by atoms with Crippen molar-refractivity contribution in [1.29, 1.82) is 0 Å². The fourth-order valence-electron chi connectivity index (χ4n) is 3.44. The summed E-state index contributed by atoms with van der Waals surface area (Å²) in [6.07, 6.45) is -2.86. The molecule has 10 heteroatoms. The molecule has 1 aliphatic rings. The third kappa shape index (κ3) is 4.16. The maximum atomic E-state index is 13.1. The van der Waals surface area contributed by atoms with E-state index < -0.39 is 36.1 Å². The molecule has 1 N–H and O–H groups in total. The maximum Gasteiger partial charge on any atom is 0.394 e. The third-order valence-electron chi connectivity index (χ3n) is 5.44. The van der Waals surface area contributed by atoms with Crippen LogP contribution >= 0.6 is 0 Å². The monoisotopic (exact) mass is 419 g/mol. The van der Waals surface area contributed by atoms with Gasteiger partial charge in [0.1, 0.15) is 5.75 Å². The van der Waals surface area contributed by atoms with Gasteiger partial charge in [-0.05, 0) is 38.3 Å². The third-order valence-corrected chi connectivity index (χ3v) is 5.44. The van der Waals surface area contributed by atoms with E-state index in [1.165, 1.54) is 18.2 Å². The molecule has 29 heavy (non-hydrogen) atoms. The topological polar surface area (TPSA) is 56.2 Å². The van der Waals surface area contributed by atoms with Crippen molar-refractivity contribution in [2.45, 2.75) is 64.8 Å². The average molecular weight is 419 g/mol. The fraction of sp³-hybridized carbons (Fsp3) is 0.579. The Bertz CT molecular complexity index is 916. The van der Waals surface area contributed by atoms with E-state index in [0.717, 1.165) is 33.1 Å². The van der Waals surface area contributed by atoms with E-state index in [0.29, 0.717) is 11.0 Å². The van der Waals surface area contributed by atoms with Crippen LogP contribution < -0.4 is 10.1 Å². The van der Waals surface area contributed by atoms with Crippen LogP contribution in [0.5, 0.6) is 5.75 Å². The van der Waals surface area contributed by atoms with Gasteiger partial charge >= 0.3 is 12.8 Å². The van der Waals surface area contributed by atoms with E-state index in [4.69, 9.17) is 0 Å². The van der Waals surface area contributed by atoms with Gasteiger partial charge in [0, 0.05) is 18.0 Å². The number of benzene rings is 1. The van der Waals surface area contributed by atoms with Crippen molar-refractivity contribution in [3.05, 3.63) is 18.2 Å². The zero-order valence-corrected chi connectivity index (χ0v) is 16.2. The number of halogens is 5. The average Bonchev–Trinajstić information content (AvgIpc) is 2.87. The van der Waals surface area contributed by atoms with Crippen LogP contribution in [0.4, 0.5) is 27.9 Å². The SMILES string of the molecule is CC1(n2c(NC(=O)CC(C)(C)C(F)(F)F)nc3ccc(OC(F)F)cc32)CCC1. The van der Waals surface area contributed by atoms with Crippen LogP contribution in [0.15, 0.2) is 18.2 Å². The van der Waals surface area contributed by atoms with Gasteiger partial charge in [-0.1, -0.05) is 13.8 Å². The molecule has 1 saturated carbocycles. The van der Waals surface area contributed by atoms with E-state index in [9.17, 15) is 26.7 Å². The zero-order chi connectivity index (χ0) is 21.6. The van der Waals surface area contributed by atoms with Crippen LogP contribution in [0, 0.1) is 5.41 Å². The molecule has 0 radical (unpaired) electrons. The summed E-state index contributed by atoms with van der Waals surface area (Å²) in [4.78, 5) is 16.7. The van der Waals surface area contributed by atoms with Crippen molar-refractivity contribution >= 4 is 22.9 Å². The predicted molar refractivity (Wildman–Crippen MR) is 96.9 cm³/mol. The fourth-order valence-corrected chi connectivity index (χ4v) is 3.44. The minimum Gasteiger partial charge on any atom is -0.435 e. The number of ether oxygens (including phenoxy) is 1. The lowest BCUT2D eigenvalue weighted by molar-refractivity contribution is -0.213. The first-order chi connectivity index (χ1) is 13.3. The summed E-state index contributed by atoms with van der Waals surface area (Å²) >= 11 is 0. The van der Waals surface area contributed by atoms with E-state index in [2.05, 4.69) is 15.0 Å². The quantitative estimate of drug-likeness (QED) is 0.633. The van der Waals surface area contributed by atoms with E-state index in [-0.39, 0.29) is 11.7 Å². The summed E-state index contributed by atoms with van der Waals surface area (Å²) in [7, 11) is 0. The van der Waals surface area contributed by atoms with Crippen molar-refractivity contribution in [2.24, 2.45) is 5.41 Å². The lowest BCUT2D eigenvalue weighted by atomic mass is 9.78. The number of nitrogens with zero attached hydrogens (tertiary/aromatic N) is 2. The smallest absolute Gasteiger partial charge is 0.394 e. The van der Waals surface area contributed by atoms with Gasteiger partial charge in [-0.2, -0.15) is 22.0 Å². The molecule has 3 rings (SSSR count). The highest BCUT2D eigenvalue weighted by atomic mass is 19.4. The minimum atomic E-state index is -4.54. The summed E-state index contributed by atoms with van der Waals surface area (Å²) in [5.74, 6) is -0.789. The number of hydrogen-bond acceptors (Lipinski definition) is 3. The maximum absolute atomic E-state index is 13.1. The van der Waals surface area contributed by atoms with Crippen LogP contribution in [-0.2, 0) is 10.3 Å². The zero-order valence-electron chi connectivity index (χ0n) is 16.2. The lowest BCUT2D eigenvalue weighted by Gasteiger charge is -2.41. The Kier molecular flexibility index (Phi) is 5.25. The standard InChI is InChI=1S/C19H22F5N3O2/c1-17(2,19(22,23)24)10-14(28)26-16-25-12-6-5-11(29-15(20)21)9-13(12)27(16)18(3)7-4-8-18/h5-6,9,15H,4,7-8,10H2,1-3H3,(H,25,26,28). The van der Waals surface area contributed by atoms with Crippen molar-refractivity contribution in [3.63, 3.8) is 0 Å². The van der Waals surface area contributed by atoms with E-state index in [1.807, 2.05) is 6.92 Å². The van der Waals surface area contributed by atoms with Gasteiger partial charge in [0.15, 0.2) is 0 Å². The van der Waals surface area contributed by atoms with Gasteiger partial charge in [-0.3, -0.25) is 10.1 Å². The molecule has 1 fully saturated rings. The molecule has 1 amide bonds. The Morgan fingerprint density at radius 3 is 2.48 bits per heavy atom. The van der Waals surface area contributed by atoms with E-state index in [1.54, 1.807) is 4.57 Å². The van der Waals surface area contributed by atoms with Gasteiger partial charge in [-0.15, -0.1) is 0 Å². The molecule has 0 spiro atoms. The van der Waals surface area contributed by atoms with Crippen LogP contribution in [0.25, 0.3) is 11.0 Å². The van der Waals surface area contributed by atoms with Crippen molar-refractivity contribution < 1.29 is 31.5 Å². The number of rotatable bonds is 6. The summed E-state index contributed by atoms with van der Waals surface area (Å²) < 4.78 is 70.6. The molecule has 1 aliphatic carbocycles. The first kappa shape index (κ1) is 21.3. The molecular formula is C19H22F5N3O2. The summed E-state index contributed by atoms with van der Waals surface area (Å²) in [5, 5.41) is 2.49. The molecule has 0 atom stereocenters. The number of aromatic nitrogens is 2. The number of carbonyl (C=O) groups excluding carboxylic acids is 1. The first-order valence-corrected chi connectivity index (χ1v) is 9.17. The van der Waals surface area contributed by atoms with Gasteiger partial charge in [0.05, 0.1) is 16.4 Å². The van der Waals surface area contributed by atoms with Crippen LogP contribution in [0.1, 0.15) is 46.5 Å². The summed E-state index contributed by atoms with van der Waals surface area (Å²) in [6.45, 7) is 0.841. The first-order valence-electron chi connectivity index (χ1n) is 9.17. The second-order valence-corrected chi connectivity index (χ2v) is 8.26. The largest absolute Gasteiger partial charge is 0.435 e.